The molecule has 1 N–H and O–H groups in total. The second-order valence-corrected chi connectivity index (χ2v) is 9.43. The van der Waals surface area contributed by atoms with Crippen molar-refractivity contribution in [3.05, 3.63) is 58.0 Å². The topological polar surface area (TPSA) is 67.9 Å². The Morgan fingerprint density at radius 3 is 2.64 bits per heavy atom. The number of unbranched alkanes of at least 4 members (excludes halogenated alkanes) is 2. The van der Waals surface area contributed by atoms with E-state index < -0.39 is 0 Å². The molecule has 2 aromatic carbocycles. The van der Waals surface area contributed by atoms with Gasteiger partial charge >= 0.3 is 0 Å². The maximum atomic E-state index is 12.8. The summed E-state index contributed by atoms with van der Waals surface area (Å²) in [6, 6.07) is 12.5. The fourth-order valence-corrected chi connectivity index (χ4v) is 4.81. The number of rotatable bonds is 10. The molecule has 0 bridgehead atoms. The zero-order valence-corrected chi connectivity index (χ0v) is 20.8. The van der Waals surface area contributed by atoms with E-state index in [0.717, 1.165) is 24.8 Å². The number of hydrogen-bond acceptors (Lipinski definition) is 6. The first-order valence-electron chi connectivity index (χ1n) is 10.4. The number of hydrogen-bond donors (Lipinski definition) is 1. The Labute approximate surface area is 208 Å². The van der Waals surface area contributed by atoms with E-state index in [2.05, 4.69) is 5.32 Å². The molecule has 1 fully saturated rings. The Bertz CT molecular complexity index is 1070. The lowest BCUT2D eigenvalue weighted by Gasteiger charge is -2.14. The SMILES string of the molecule is COc1ccc(C=C2SC(=S)N(CCCCCC(=O)Nc3cccc(Cl)c3)C2=O)cc1OC. The van der Waals surface area contributed by atoms with Crippen molar-refractivity contribution in [3.8, 4) is 11.5 Å². The van der Waals surface area contributed by atoms with Crippen LogP contribution in [0.2, 0.25) is 5.02 Å². The number of nitrogens with one attached hydrogen (secondary N) is 1. The van der Waals surface area contributed by atoms with Crippen molar-refractivity contribution in [3.63, 3.8) is 0 Å². The Morgan fingerprint density at radius 1 is 1.12 bits per heavy atom. The fourth-order valence-electron chi connectivity index (χ4n) is 3.31. The molecule has 0 saturated carbocycles. The highest BCUT2D eigenvalue weighted by Crippen LogP contribution is 2.34. The predicted molar refractivity (Wildman–Crippen MR) is 138 cm³/mol. The highest BCUT2D eigenvalue weighted by molar-refractivity contribution is 8.26. The number of carbonyl (C=O) groups excluding carboxylic acids is 2. The van der Waals surface area contributed by atoms with Crippen LogP contribution in [-0.4, -0.2) is 41.8 Å². The maximum Gasteiger partial charge on any atom is 0.266 e. The van der Waals surface area contributed by atoms with Gasteiger partial charge in [-0.05, 0) is 54.8 Å². The molecule has 0 spiro atoms. The van der Waals surface area contributed by atoms with E-state index in [4.69, 9.17) is 33.3 Å². The summed E-state index contributed by atoms with van der Waals surface area (Å²) in [5, 5.41) is 3.42. The molecule has 1 aliphatic rings. The molecular weight excluding hydrogens is 480 g/mol. The number of halogens is 1. The summed E-state index contributed by atoms with van der Waals surface area (Å²) in [4.78, 5) is 27.1. The lowest BCUT2D eigenvalue weighted by Crippen LogP contribution is -2.29. The van der Waals surface area contributed by atoms with Crippen molar-refractivity contribution in [2.45, 2.75) is 25.7 Å². The van der Waals surface area contributed by atoms with E-state index >= 15 is 0 Å². The minimum atomic E-state index is -0.0986. The van der Waals surface area contributed by atoms with Crippen molar-refractivity contribution in [2.75, 3.05) is 26.1 Å². The average molecular weight is 505 g/mol. The van der Waals surface area contributed by atoms with Crippen LogP contribution < -0.4 is 14.8 Å². The van der Waals surface area contributed by atoms with Crippen molar-refractivity contribution >= 4 is 63.5 Å². The van der Waals surface area contributed by atoms with E-state index in [9.17, 15) is 9.59 Å². The molecule has 0 aliphatic carbocycles. The minimum Gasteiger partial charge on any atom is -0.493 e. The van der Waals surface area contributed by atoms with Crippen molar-refractivity contribution in [2.24, 2.45) is 0 Å². The molecule has 1 aliphatic heterocycles. The molecule has 0 radical (unpaired) electrons. The smallest absolute Gasteiger partial charge is 0.266 e. The third kappa shape index (κ3) is 6.96. The Hall–Kier alpha value is -2.55. The first-order valence-corrected chi connectivity index (χ1v) is 12.0. The quantitative estimate of drug-likeness (QED) is 0.252. The molecule has 0 atom stereocenters. The van der Waals surface area contributed by atoms with Gasteiger partial charge in [-0.2, -0.15) is 0 Å². The van der Waals surface area contributed by atoms with Gasteiger partial charge in [-0.25, -0.2) is 0 Å². The number of thioether (sulfide) groups is 1. The number of amides is 2. The first-order chi connectivity index (χ1) is 15.9. The first kappa shape index (κ1) is 25.1. The molecule has 174 valence electrons. The third-order valence-electron chi connectivity index (χ3n) is 4.97. The van der Waals surface area contributed by atoms with Crippen LogP contribution in [0.4, 0.5) is 5.69 Å². The molecule has 9 heteroatoms. The monoisotopic (exact) mass is 504 g/mol. The number of ether oxygens (including phenoxy) is 2. The van der Waals surface area contributed by atoms with E-state index in [-0.39, 0.29) is 11.8 Å². The van der Waals surface area contributed by atoms with Gasteiger partial charge in [0, 0.05) is 23.7 Å². The highest BCUT2D eigenvalue weighted by Gasteiger charge is 2.31. The van der Waals surface area contributed by atoms with E-state index in [1.165, 1.54) is 11.8 Å². The van der Waals surface area contributed by atoms with Crippen LogP contribution in [-0.2, 0) is 9.59 Å². The number of methoxy groups -OCH3 is 2. The van der Waals surface area contributed by atoms with Crippen molar-refractivity contribution < 1.29 is 19.1 Å². The summed E-state index contributed by atoms with van der Waals surface area (Å²) in [5.74, 6) is 1.07. The second kappa shape index (κ2) is 12.1. The molecule has 2 aromatic rings. The van der Waals surface area contributed by atoms with Gasteiger partial charge in [0.2, 0.25) is 5.91 Å². The Balaban J connectivity index is 1.46. The summed E-state index contributed by atoms with van der Waals surface area (Å²) in [5.41, 5.74) is 1.52. The molecule has 1 heterocycles. The van der Waals surface area contributed by atoms with Crippen molar-refractivity contribution in [1.29, 1.82) is 0 Å². The van der Waals surface area contributed by atoms with Crippen LogP contribution in [0.25, 0.3) is 6.08 Å². The van der Waals surface area contributed by atoms with Gasteiger partial charge in [-0.1, -0.05) is 54.1 Å². The standard InChI is InChI=1S/C24H25ClN2O4S2/c1-30-19-11-10-16(13-20(19)31-2)14-21-23(29)27(24(32)33-21)12-5-3-4-9-22(28)26-18-8-6-7-17(25)15-18/h6-8,10-11,13-15H,3-5,9,12H2,1-2H3,(H,26,28). The minimum absolute atomic E-state index is 0.0549. The molecule has 33 heavy (non-hydrogen) atoms. The molecule has 2 amide bonds. The van der Waals surface area contributed by atoms with Crippen LogP contribution in [0.15, 0.2) is 47.4 Å². The van der Waals surface area contributed by atoms with Crippen LogP contribution in [0, 0.1) is 0 Å². The molecule has 0 unspecified atom stereocenters. The van der Waals surface area contributed by atoms with Crippen LogP contribution in [0.3, 0.4) is 0 Å². The summed E-state index contributed by atoms with van der Waals surface area (Å²) >= 11 is 12.6. The van der Waals surface area contributed by atoms with Gasteiger partial charge in [0.05, 0.1) is 19.1 Å². The number of benzene rings is 2. The normalized spacial score (nSPS) is 14.6. The molecule has 3 rings (SSSR count). The van der Waals surface area contributed by atoms with Gasteiger partial charge in [0.15, 0.2) is 11.5 Å². The average Bonchev–Trinajstić information content (AvgIpc) is 3.05. The van der Waals surface area contributed by atoms with Gasteiger partial charge in [0.25, 0.3) is 5.91 Å². The van der Waals surface area contributed by atoms with E-state index in [0.29, 0.717) is 44.4 Å². The maximum absolute atomic E-state index is 12.8. The number of nitrogens with zero attached hydrogens (tertiary/aromatic N) is 1. The second-order valence-electron chi connectivity index (χ2n) is 7.32. The van der Waals surface area contributed by atoms with E-state index in [1.807, 2.05) is 12.1 Å². The van der Waals surface area contributed by atoms with Gasteiger partial charge in [-0.3, -0.25) is 14.5 Å². The number of thiocarbonyl (C=S) groups is 1. The number of anilines is 1. The Kier molecular flexibility index (Phi) is 9.17. The lowest BCUT2D eigenvalue weighted by atomic mass is 10.1. The molecular formula is C24H25ClN2O4S2. The van der Waals surface area contributed by atoms with Crippen LogP contribution in [0.5, 0.6) is 11.5 Å². The third-order valence-corrected chi connectivity index (χ3v) is 6.59. The summed E-state index contributed by atoms with van der Waals surface area (Å²) in [7, 11) is 3.15. The van der Waals surface area contributed by atoms with Gasteiger partial charge < -0.3 is 14.8 Å². The van der Waals surface area contributed by atoms with Crippen molar-refractivity contribution in [1.82, 2.24) is 4.90 Å². The van der Waals surface area contributed by atoms with Gasteiger partial charge in [-0.15, -0.1) is 0 Å². The van der Waals surface area contributed by atoms with Crippen LogP contribution >= 0.6 is 35.6 Å². The lowest BCUT2D eigenvalue weighted by molar-refractivity contribution is -0.122. The fraction of sp³-hybridized carbons (Fsp3) is 0.292. The zero-order valence-electron chi connectivity index (χ0n) is 18.4. The number of carbonyl (C=O) groups is 2. The van der Waals surface area contributed by atoms with Gasteiger partial charge in [0.1, 0.15) is 4.32 Å². The zero-order chi connectivity index (χ0) is 23.8. The van der Waals surface area contributed by atoms with Crippen LogP contribution in [0.1, 0.15) is 31.2 Å². The predicted octanol–water partition coefficient (Wildman–Crippen LogP) is 5.76. The molecule has 6 nitrogen and oxygen atoms in total. The largest absolute Gasteiger partial charge is 0.493 e. The summed E-state index contributed by atoms with van der Waals surface area (Å²) in [6.07, 6.45) is 4.52. The highest BCUT2D eigenvalue weighted by atomic mass is 35.5. The Morgan fingerprint density at radius 2 is 1.91 bits per heavy atom. The van der Waals surface area contributed by atoms with E-state index in [1.54, 1.807) is 55.5 Å². The molecule has 0 aromatic heterocycles. The molecule has 1 saturated heterocycles. The summed E-state index contributed by atoms with van der Waals surface area (Å²) in [6.45, 7) is 0.532. The summed E-state index contributed by atoms with van der Waals surface area (Å²) < 4.78 is 11.1.